The Morgan fingerprint density at radius 1 is 1.19 bits per heavy atom. The third-order valence-electron chi connectivity index (χ3n) is 4.64. The number of aliphatic hydroxyl groups excluding tert-OH is 1. The van der Waals surface area contributed by atoms with E-state index in [2.05, 4.69) is 16.9 Å². The van der Waals surface area contributed by atoms with E-state index in [-0.39, 0.29) is 18.1 Å². The lowest BCUT2D eigenvalue weighted by Gasteiger charge is -2.22. The van der Waals surface area contributed by atoms with E-state index in [4.69, 9.17) is 10.1 Å². The Bertz CT molecular complexity index is 989. The lowest BCUT2D eigenvalue weighted by Crippen LogP contribution is -2.26. The van der Waals surface area contributed by atoms with Crippen molar-refractivity contribution in [1.29, 1.82) is 5.41 Å². The van der Waals surface area contributed by atoms with Gasteiger partial charge in [-0.05, 0) is 30.7 Å². The molecule has 3 aromatic rings. The molecule has 1 aliphatic rings. The van der Waals surface area contributed by atoms with Gasteiger partial charge in [0.25, 0.3) is 0 Å². The molecule has 138 valence electrons. The molecule has 27 heavy (non-hydrogen) atoms. The first-order valence-corrected chi connectivity index (χ1v) is 9.14. The average Bonchev–Trinajstić information content (AvgIpc) is 3.22. The summed E-state index contributed by atoms with van der Waals surface area (Å²) in [5.74, 6) is 1.56. The molecule has 1 aliphatic heterocycles. The Balaban J connectivity index is 1.64. The van der Waals surface area contributed by atoms with Gasteiger partial charge in [0.05, 0.1) is 35.4 Å². The van der Waals surface area contributed by atoms with Crippen LogP contribution < -0.4 is 9.64 Å². The van der Waals surface area contributed by atoms with Crippen molar-refractivity contribution < 1.29 is 9.84 Å². The molecule has 2 aromatic carbocycles. The molecule has 3 N–H and O–H groups in total. The van der Waals surface area contributed by atoms with Crippen molar-refractivity contribution in [2.75, 3.05) is 18.1 Å². The Labute approximate surface area is 157 Å². The highest BCUT2D eigenvalue weighted by molar-refractivity contribution is 6.30. The number of unbranched alkanes of at least 4 members (excludes halogenated alkanes) is 1. The van der Waals surface area contributed by atoms with Gasteiger partial charge in [-0.2, -0.15) is 0 Å². The van der Waals surface area contributed by atoms with Crippen LogP contribution >= 0.6 is 0 Å². The molecule has 4 rings (SSSR count). The standard InChI is InChI=1S/C21H22N4O2/c1-2-3-12-27-18-11-7-6-10-16(18)25-13-17(26)19(20(25)22)21-23-14-8-4-5-9-15(14)24-21/h4-11,22,26H,2-3,12-13H2,1H3,(H,23,24). The number of nitrogens with zero attached hydrogens (tertiary/aromatic N) is 2. The molecule has 0 radical (unpaired) electrons. The Kier molecular flexibility index (Phi) is 4.54. The maximum Gasteiger partial charge on any atom is 0.145 e. The molecule has 6 nitrogen and oxygen atoms in total. The van der Waals surface area contributed by atoms with E-state index in [1.165, 1.54) is 0 Å². The van der Waals surface area contributed by atoms with Crippen molar-refractivity contribution in [2.45, 2.75) is 19.8 Å². The summed E-state index contributed by atoms with van der Waals surface area (Å²) in [4.78, 5) is 9.48. The number of benzene rings is 2. The number of amidine groups is 1. The quantitative estimate of drug-likeness (QED) is 0.563. The number of ether oxygens (including phenoxy) is 1. The number of hydrogen-bond acceptors (Lipinski definition) is 4. The molecule has 0 atom stereocenters. The topological polar surface area (TPSA) is 85.2 Å². The summed E-state index contributed by atoms with van der Waals surface area (Å²) in [6.07, 6.45) is 2.03. The normalized spacial score (nSPS) is 14.4. The Morgan fingerprint density at radius 2 is 1.96 bits per heavy atom. The van der Waals surface area contributed by atoms with Gasteiger partial charge in [0.2, 0.25) is 0 Å². The number of aromatic nitrogens is 2. The van der Waals surface area contributed by atoms with E-state index in [9.17, 15) is 5.11 Å². The van der Waals surface area contributed by atoms with Gasteiger partial charge in [-0.25, -0.2) is 4.98 Å². The van der Waals surface area contributed by atoms with E-state index in [1.54, 1.807) is 4.90 Å². The van der Waals surface area contributed by atoms with Crippen molar-refractivity contribution in [3.63, 3.8) is 0 Å². The first-order valence-electron chi connectivity index (χ1n) is 9.14. The number of anilines is 1. The number of hydrogen-bond donors (Lipinski definition) is 3. The second kappa shape index (κ2) is 7.15. The predicted molar refractivity (Wildman–Crippen MR) is 108 cm³/mol. The van der Waals surface area contributed by atoms with Crippen LogP contribution in [0, 0.1) is 5.41 Å². The molecule has 0 unspecified atom stereocenters. The number of imidazole rings is 1. The molecule has 1 aromatic heterocycles. The largest absolute Gasteiger partial charge is 0.509 e. The van der Waals surface area contributed by atoms with E-state index >= 15 is 0 Å². The molecule has 0 fully saturated rings. The SMILES string of the molecule is CCCCOc1ccccc1N1CC(O)=C(c2nc3ccccc3[nH]2)C1=N. The first kappa shape index (κ1) is 17.1. The minimum atomic E-state index is 0.127. The van der Waals surface area contributed by atoms with E-state index in [0.717, 1.165) is 29.6 Å². The maximum absolute atomic E-state index is 10.6. The molecule has 2 heterocycles. The fourth-order valence-corrected chi connectivity index (χ4v) is 3.23. The first-order chi connectivity index (χ1) is 13.2. The molecule has 0 aliphatic carbocycles. The van der Waals surface area contributed by atoms with E-state index in [0.29, 0.717) is 23.8 Å². The third kappa shape index (κ3) is 3.14. The average molecular weight is 362 g/mol. The fourth-order valence-electron chi connectivity index (χ4n) is 3.23. The van der Waals surface area contributed by atoms with Gasteiger partial charge in [-0.3, -0.25) is 5.41 Å². The summed E-state index contributed by atoms with van der Waals surface area (Å²) >= 11 is 0. The van der Waals surface area contributed by atoms with Crippen molar-refractivity contribution in [3.05, 3.63) is 60.1 Å². The highest BCUT2D eigenvalue weighted by atomic mass is 16.5. The van der Waals surface area contributed by atoms with Crippen LogP contribution in [0.15, 0.2) is 54.3 Å². The Hall–Kier alpha value is -3.28. The van der Waals surface area contributed by atoms with E-state index in [1.807, 2.05) is 48.5 Å². The lowest BCUT2D eigenvalue weighted by atomic mass is 10.2. The minimum Gasteiger partial charge on any atom is -0.509 e. The van der Waals surface area contributed by atoms with Crippen LogP contribution in [0.2, 0.25) is 0 Å². The Morgan fingerprint density at radius 3 is 2.78 bits per heavy atom. The van der Waals surface area contributed by atoms with Crippen LogP contribution in [0.1, 0.15) is 25.6 Å². The number of aliphatic hydroxyl groups is 1. The van der Waals surface area contributed by atoms with Crippen LogP contribution in [-0.2, 0) is 0 Å². The second-order valence-corrected chi connectivity index (χ2v) is 6.53. The summed E-state index contributed by atoms with van der Waals surface area (Å²) in [7, 11) is 0. The van der Waals surface area contributed by atoms with Crippen LogP contribution in [0.3, 0.4) is 0 Å². The molecule has 0 saturated heterocycles. The monoisotopic (exact) mass is 362 g/mol. The number of fused-ring (bicyclic) bond motifs is 1. The van der Waals surface area contributed by atoms with Crippen LogP contribution in [0.5, 0.6) is 5.75 Å². The number of rotatable bonds is 6. The van der Waals surface area contributed by atoms with Gasteiger partial charge in [0.15, 0.2) is 0 Å². The van der Waals surface area contributed by atoms with Gasteiger partial charge in [0.1, 0.15) is 23.2 Å². The lowest BCUT2D eigenvalue weighted by molar-refractivity contribution is 0.310. The number of aromatic amines is 1. The van der Waals surface area contributed by atoms with Gasteiger partial charge in [-0.1, -0.05) is 37.6 Å². The van der Waals surface area contributed by atoms with Crippen molar-refractivity contribution >= 4 is 28.1 Å². The zero-order chi connectivity index (χ0) is 18.8. The highest BCUT2D eigenvalue weighted by Gasteiger charge is 2.32. The fraction of sp³-hybridized carbons (Fsp3) is 0.238. The van der Waals surface area contributed by atoms with Gasteiger partial charge < -0.3 is 19.7 Å². The molecular weight excluding hydrogens is 340 g/mol. The number of nitrogens with one attached hydrogen (secondary N) is 2. The van der Waals surface area contributed by atoms with Gasteiger partial charge in [0, 0.05) is 0 Å². The van der Waals surface area contributed by atoms with E-state index < -0.39 is 0 Å². The summed E-state index contributed by atoms with van der Waals surface area (Å²) in [5, 5.41) is 19.2. The highest BCUT2D eigenvalue weighted by Crippen LogP contribution is 2.35. The smallest absolute Gasteiger partial charge is 0.145 e. The van der Waals surface area contributed by atoms with Crippen molar-refractivity contribution in [3.8, 4) is 5.75 Å². The molecule has 0 spiro atoms. The zero-order valence-electron chi connectivity index (χ0n) is 15.2. The third-order valence-corrected chi connectivity index (χ3v) is 4.64. The molecule has 6 heteroatoms. The van der Waals surface area contributed by atoms with Crippen LogP contribution in [0.25, 0.3) is 16.6 Å². The molecule has 0 saturated carbocycles. The van der Waals surface area contributed by atoms with Crippen LogP contribution in [-0.4, -0.2) is 34.1 Å². The second-order valence-electron chi connectivity index (χ2n) is 6.53. The minimum absolute atomic E-state index is 0.127. The summed E-state index contributed by atoms with van der Waals surface area (Å²) in [6.45, 7) is 2.97. The summed E-state index contributed by atoms with van der Waals surface area (Å²) < 4.78 is 5.90. The zero-order valence-corrected chi connectivity index (χ0v) is 15.2. The maximum atomic E-state index is 10.6. The predicted octanol–water partition coefficient (Wildman–Crippen LogP) is 4.51. The number of para-hydroxylation sites is 4. The van der Waals surface area contributed by atoms with Crippen molar-refractivity contribution in [1.82, 2.24) is 9.97 Å². The van der Waals surface area contributed by atoms with Gasteiger partial charge in [-0.15, -0.1) is 0 Å². The van der Waals surface area contributed by atoms with Crippen LogP contribution in [0.4, 0.5) is 5.69 Å². The number of H-pyrrole nitrogens is 1. The molecular formula is C21H22N4O2. The van der Waals surface area contributed by atoms with Gasteiger partial charge >= 0.3 is 0 Å². The summed E-state index contributed by atoms with van der Waals surface area (Å²) in [5.41, 5.74) is 2.88. The molecule has 0 bridgehead atoms. The summed E-state index contributed by atoms with van der Waals surface area (Å²) in [6, 6.07) is 15.3. The molecule has 0 amide bonds. The van der Waals surface area contributed by atoms with Crippen molar-refractivity contribution in [2.24, 2.45) is 0 Å².